The van der Waals surface area contributed by atoms with Crippen molar-refractivity contribution in [2.24, 2.45) is 5.73 Å². The van der Waals surface area contributed by atoms with Crippen LogP contribution in [0.2, 0.25) is 0 Å². The number of primary amides is 1. The first kappa shape index (κ1) is 12.1. The molecule has 0 radical (unpaired) electrons. The van der Waals surface area contributed by atoms with Gasteiger partial charge in [-0.3, -0.25) is 4.79 Å². The molecule has 0 unspecified atom stereocenters. The number of aromatic nitrogens is 1. The summed E-state index contributed by atoms with van der Waals surface area (Å²) in [4.78, 5) is 13.8. The Morgan fingerprint density at radius 3 is 2.56 bits per heavy atom. The van der Waals surface area contributed by atoms with E-state index in [9.17, 15) is 4.79 Å². The Labute approximate surface area is 94.4 Å². The van der Waals surface area contributed by atoms with Gasteiger partial charge in [-0.1, -0.05) is 13.8 Å². The zero-order valence-electron chi connectivity index (χ0n) is 9.70. The van der Waals surface area contributed by atoms with Gasteiger partial charge in [0.15, 0.2) is 0 Å². The predicted octanol–water partition coefficient (Wildman–Crippen LogP) is 2.30. The second-order valence-electron chi connectivity index (χ2n) is 3.00. The highest BCUT2D eigenvalue weighted by Gasteiger charge is 2.05. The number of carbonyl (C=O) groups is 1. The number of ether oxygens (including phenoxy) is 1. The summed E-state index contributed by atoms with van der Waals surface area (Å²) in [6.07, 6.45) is 0. The Kier molecular flexibility index (Phi) is 3.94. The van der Waals surface area contributed by atoms with Crippen molar-refractivity contribution in [1.82, 2.24) is 4.98 Å². The van der Waals surface area contributed by atoms with Crippen molar-refractivity contribution in [2.45, 2.75) is 13.8 Å². The minimum Gasteiger partial charge on any atom is -0.497 e. The van der Waals surface area contributed by atoms with Crippen LogP contribution in [0.3, 0.4) is 0 Å². The molecule has 2 aromatic rings. The lowest BCUT2D eigenvalue weighted by Crippen LogP contribution is -2.10. The van der Waals surface area contributed by atoms with Crippen LogP contribution in [0.4, 0.5) is 0 Å². The van der Waals surface area contributed by atoms with Crippen molar-refractivity contribution in [2.75, 3.05) is 7.11 Å². The van der Waals surface area contributed by atoms with Crippen molar-refractivity contribution in [3.63, 3.8) is 0 Å². The third-order valence-electron chi connectivity index (χ3n) is 2.09. The summed E-state index contributed by atoms with van der Waals surface area (Å²) >= 11 is 0. The Hall–Kier alpha value is -1.97. The molecule has 16 heavy (non-hydrogen) atoms. The van der Waals surface area contributed by atoms with Gasteiger partial charge >= 0.3 is 0 Å². The monoisotopic (exact) mass is 220 g/mol. The number of carbonyl (C=O) groups excluding carboxylic acids is 1. The lowest BCUT2D eigenvalue weighted by Gasteiger charge is -1.97. The summed E-state index contributed by atoms with van der Waals surface area (Å²) in [6, 6.07) is 7.22. The van der Waals surface area contributed by atoms with Gasteiger partial charge in [0, 0.05) is 10.9 Å². The molecule has 0 saturated heterocycles. The van der Waals surface area contributed by atoms with Gasteiger partial charge in [-0.15, -0.1) is 0 Å². The molecule has 3 N–H and O–H groups in total. The summed E-state index contributed by atoms with van der Waals surface area (Å²) < 4.78 is 5.06. The van der Waals surface area contributed by atoms with Gasteiger partial charge in [0.05, 0.1) is 7.11 Å². The smallest absolute Gasteiger partial charge is 0.265 e. The molecule has 0 aliphatic rings. The Morgan fingerprint density at radius 2 is 2.00 bits per heavy atom. The van der Waals surface area contributed by atoms with E-state index in [4.69, 9.17) is 10.5 Å². The van der Waals surface area contributed by atoms with Crippen molar-refractivity contribution >= 4 is 16.8 Å². The maximum absolute atomic E-state index is 10.9. The van der Waals surface area contributed by atoms with E-state index in [1.807, 2.05) is 32.0 Å². The maximum atomic E-state index is 10.9. The van der Waals surface area contributed by atoms with E-state index >= 15 is 0 Å². The van der Waals surface area contributed by atoms with Gasteiger partial charge in [0.25, 0.3) is 5.91 Å². The summed E-state index contributed by atoms with van der Waals surface area (Å²) in [5.74, 6) is 0.299. The summed E-state index contributed by atoms with van der Waals surface area (Å²) in [6.45, 7) is 4.00. The fourth-order valence-corrected chi connectivity index (χ4v) is 1.37. The average molecular weight is 220 g/mol. The number of aromatic amines is 1. The quantitative estimate of drug-likeness (QED) is 0.815. The minimum absolute atomic E-state index is 0.410. The fourth-order valence-electron chi connectivity index (χ4n) is 1.37. The normalized spacial score (nSPS) is 9.44. The van der Waals surface area contributed by atoms with Crippen LogP contribution in [-0.4, -0.2) is 18.0 Å². The molecule has 0 bridgehead atoms. The van der Waals surface area contributed by atoms with E-state index in [0.717, 1.165) is 16.7 Å². The van der Waals surface area contributed by atoms with Gasteiger partial charge in [-0.05, 0) is 24.3 Å². The molecule has 0 atom stereocenters. The van der Waals surface area contributed by atoms with Crippen molar-refractivity contribution < 1.29 is 9.53 Å². The predicted molar refractivity (Wildman–Crippen MR) is 64.7 cm³/mol. The number of amides is 1. The van der Waals surface area contributed by atoms with Crippen LogP contribution in [0.25, 0.3) is 10.9 Å². The summed E-state index contributed by atoms with van der Waals surface area (Å²) in [5.41, 5.74) is 6.43. The number of fused-ring (bicyclic) bond motifs is 1. The van der Waals surface area contributed by atoms with Crippen molar-refractivity contribution in [3.05, 3.63) is 30.0 Å². The molecule has 0 spiro atoms. The second-order valence-corrected chi connectivity index (χ2v) is 3.00. The number of methoxy groups -OCH3 is 1. The maximum Gasteiger partial charge on any atom is 0.265 e. The molecule has 1 aromatic heterocycles. The molecule has 1 aromatic carbocycles. The minimum atomic E-state index is -0.458. The summed E-state index contributed by atoms with van der Waals surface area (Å²) in [5, 5.41) is 0.915. The highest BCUT2D eigenvalue weighted by Crippen LogP contribution is 2.20. The first-order chi connectivity index (χ1) is 7.70. The first-order valence-electron chi connectivity index (χ1n) is 5.17. The average Bonchev–Trinajstić information content (AvgIpc) is 2.74. The zero-order chi connectivity index (χ0) is 12.1. The fraction of sp³-hybridized carbons (Fsp3) is 0.250. The SMILES string of the molecule is CC.COc1ccc2[nH]c(C(N)=O)cc2c1. The highest BCUT2D eigenvalue weighted by atomic mass is 16.5. The largest absolute Gasteiger partial charge is 0.497 e. The summed E-state index contributed by atoms with van der Waals surface area (Å²) in [7, 11) is 1.60. The van der Waals surface area contributed by atoms with E-state index in [-0.39, 0.29) is 0 Å². The third-order valence-corrected chi connectivity index (χ3v) is 2.09. The van der Waals surface area contributed by atoms with Crippen LogP contribution >= 0.6 is 0 Å². The van der Waals surface area contributed by atoms with E-state index in [0.29, 0.717) is 5.69 Å². The van der Waals surface area contributed by atoms with Crippen LogP contribution in [0.5, 0.6) is 5.75 Å². The van der Waals surface area contributed by atoms with E-state index in [2.05, 4.69) is 4.98 Å². The number of benzene rings is 1. The first-order valence-corrected chi connectivity index (χ1v) is 5.17. The number of hydrogen-bond donors (Lipinski definition) is 2. The second kappa shape index (κ2) is 5.21. The lowest BCUT2D eigenvalue weighted by molar-refractivity contribution is 0.0996. The van der Waals surface area contributed by atoms with E-state index in [1.54, 1.807) is 13.2 Å². The topological polar surface area (TPSA) is 68.1 Å². The van der Waals surface area contributed by atoms with Gasteiger partial charge in [0.1, 0.15) is 11.4 Å². The van der Waals surface area contributed by atoms with E-state index < -0.39 is 5.91 Å². The standard InChI is InChI=1S/C10H10N2O2.C2H6/c1-14-7-2-3-8-6(4-7)5-9(12-8)10(11)13;1-2/h2-5,12H,1H3,(H2,11,13);1-2H3. The Bertz CT molecular complexity index is 489. The zero-order valence-corrected chi connectivity index (χ0v) is 9.70. The Morgan fingerprint density at radius 1 is 1.31 bits per heavy atom. The van der Waals surface area contributed by atoms with Crippen LogP contribution in [0.15, 0.2) is 24.3 Å². The molecule has 0 fully saturated rings. The Balaban J connectivity index is 0.000000606. The number of nitrogens with two attached hydrogens (primary N) is 1. The number of hydrogen-bond acceptors (Lipinski definition) is 2. The molecule has 86 valence electrons. The lowest BCUT2D eigenvalue weighted by atomic mass is 10.2. The molecular formula is C12H16N2O2. The molecule has 0 aliphatic heterocycles. The van der Waals surface area contributed by atoms with Crippen LogP contribution in [0.1, 0.15) is 24.3 Å². The van der Waals surface area contributed by atoms with Gasteiger partial charge in [-0.2, -0.15) is 0 Å². The van der Waals surface area contributed by atoms with Crippen LogP contribution in [-0.2, 0) is 0 Å². The molecule has 4 heteroatoms. The molecule has 0 saturated carbocycles. The molecule has 2 rings (SSSR count). The molecular weight excluding hydrogens is 204 g/mol. The number of rotatable bonds is 2. The molecule has 1 amide bonds. The van der Waals surface area contributed by atoms with E-state index in [1.165, 1.54) is 0 Å². The third kappa shape index (κ3) is 2.34. The van der Waals surface area contributed by atoms with Gasteiger partial charge < -0.3 is 15.5 Å². The van der Waals surface area contributed by atoms with Crippen LogP contribution in [0, 0.1) is 0 Å². The number of nitrogens with one attached hydrogen (secondary N) is 1. The molecule has 4 nitrogen and oxygen atoms in total. The van der Waals surface area contributed by atoms with Crippen molar-refractivity contribution in [1.29, 1.82) is 0 Å². The molecule has 1 heterocycles. The van der Waals surface area contributed by atoms with Gasteiger partial charge in [-0.25, -0.2) is 0 Å². The number of H-pyrrole nitrogens is 1. The van der Waals surface area contributed by atoms with Gasteiger partial charge in [0.2, 0.25) is 0 Å². The van der Waals surface area contributed by atoms with Crippen molar-refractivity contribution in [3.8, 4) is 5.75 Å². The van der Waals surface area contributed by atoms with Crippen LogP contribution < -0.4 is 10.5 Å². The highest BCUT2D eigenvalue weighted by molar-refractivity contribution is 5.97. The molecule has 0 aliphatic carbocycles.